The van der Waals surface area contributed by atoms with E-state index in [0.29, 0.717) is 12.1 Å². The molecule has 1 aliphatic rings. The number of ether oxygens (including phenoxy) is 1. The first kappa shape index (κ1) is 16.9. The summed E-state index contributed by atoms with van der Waals surface area (Å²) in [5, 5.41) is 9.28. The van der Waals surface area contributed by atoms with E-state index in [2.05, 4.69) is 0 Å². The maximum Gasteiger partial charge on any atom is 0.416 e. The van der Waals surface area contributed by atoms with Crippen molar-refractivity contribution in [3.63, 3.8) is 0 Å². The van der Waals surface area contributed by atoms with Crippen molar-refractivity contribution in [2.75, 3.05) is 0 Å². The molecule has 2 aromatic carbocycles. The van der Waals surface area contributed by atoms with Gasteiger partial charge in [-0.25, -0.2) is 4.39 Å². The minimum Gasteiger partial charge on any atom is -0.457 e. The molecule has 0 radical (unpaired) electrons. The van der Waals surface area contributed by atoms with Crippen molar-refractivity contribution >= 4 is 11.6 Å². The van der Waals surface area contributed by atoms with Gasteiger partial charge in [0.05, 0.1) is 11.1 Å². The monoisotopic (exact) mass is 368 g/mol. The van der Waals surface area contributed by atoms with Crippen LogP contribution in [-0.4, -0.2) is 5.11 Å². The second-order valence-electron chi connectivity index (χ2n) is 5.13. The van der Waals surface area contributed by atoms with Gasteiger partial charge < -0.3 is 9.84 Å². The highest BCUT2D eigenvalue weighted by atomic mass is 35.5. The number of aliphatic hydroxyl groups excluding tert-OH is 1. The lowest BCUT2D eigenvalue weighted by molar-refractivity contribution is -0.165. The van der Waals surface area contributed by atoms with Crippen molar-refractivity contribution in [1.82, 2.24) is 0 Å². The van der Waals surface area contributed by atoms with E-state index in [9.17, 15) is 31.4 Å². The fourth-order valence-electron chi connectivity index (χ4n) is 2.51. The largest absolute Gasteiger partial charge is 0.457 e. The fraction of sp³-hybridized carbons (Fsp3) is 0.200. The average molecular weight is 369 g/mol. The van der Waals surface area contributed by atoms with Crippen LogP contribution in [0.2, 0.25) is 5.02 Å². The number of hydrogen-bond donors (Lipinski definition) is 1. The Morgan fingerprint density at radius 3 is 2.38 bits per heavy atom. The van der Waals surface area contributed by atoms with Crippen LogP contribution in [0.3, 0.4) is 0 Å². The maximum atomic E-state index is 13.8. The Morgan fingerprint density at radius 2 is 1.79 bits per heavy atom. The van der Waals surface area contributed by atoms with E-state index >= 15 is 0 Å². The zero-order valence-electron chi connectivity index (χ0n) is 11.5. The summed E-state index contributed by atoms with van der Waals surface area (Å²) in [6, 6.07) is 4.11. The molecule has 0 bridgehead atoms. The van der Waals surface area contributed by atoms with Crippen LogP contribution in [0.15, 0.2) is 30.3 Å². The number of fused-ring (bicyclic) bond motifs is 1. The van der Waals surface area contributed by atoms with Gasteiger partial charge in [-0.3, -0.25) is 0 Å². The van der Waals surface area contributed by atoms with Crippen LogP contribution < -0.4 is 4.74 Å². The third-order valence-corrected chi connectivity index (χ3v) is 3.74. The Bertz CT molecular complexity index is 798. The van der Waals surface area contributed by atoms with Gasteiger partial charge in [0, 0.05) is 16.7 Å². The molecule has 2 aromatic rings. The molecule has 1 atom stereocenters. The number of rotatable bonds is 2. The Labute approximate surface area is 136 Å². The molecule has 0 amide bonds. The van der Waals surface area contributed by atoms with Crippen molar-refractivity contribution in [3.05, 3.63) is 57.9 Å². The Morgan fingerprint density at radius 1 is 1.12 bits per heavy atom. The van der Waals surface area contributed by atoms with Crippen LogP contribution in [0.25, 0.3) is 0 Å². The van der Waals surface area contributed by atoms with Crippen molar-refractivity contribution in [2.24, 2.45) is 0 Å². The van der Waals surface area contributed by atoms with Gasteiger partial charge in [0.15, 0.2) is 0 Å². The van der Waals surface area contributed by atoms with Crippen LogP contribution >= 0.6 is 11.6 Å². The number of halogens is 7. The van der Waals surface area contributed by atoms with Crippen molar-refractivity contribution in [3.8, 4) is 11.5 Å². The zero-order valence-corrected chi connectivity index (χ0v) is 12.2. The summed E-state index contributed by atoms with van der Waals surface area (Å²) >= 11 is 5.61. The molecule has 0 heterocycles. The second kappa shape index (κ2) is 5.29. The standard InChI is InChI=1S/C15H7ClF6O2/c16-6-3-7(17)5-8(4-6)24-10-2-1-9(15(20,21)22)11-12(10)14(18,19)13(11)23/h1-5,13,23H/t13-/m0/s1. The van der Waals surface area contributed by atoms with E-state index in [0.717, 1.165) is 18.2 Å². The lowest BCUT2D eigenvalue weighted by Crippen LogP contribution is -2.38. The summed E-state index contributed by atoms with van der Waals surface area (Å²) in [5.74, 6) is -5.60. The van der Waals surface area contributed by atoms with Crippen LogP contribution in [0.5, 0.6) is 11.5 Å². The summed E-state index contributed by atoms with van der Waals surface area (Å²) in [6.45, 7) is 0. The van der Waals surface area contributed by atoms with E-state index in [1.807, 2.05) is 0 Å². The molecule has 0 spiro atoms. The van der Waals surface area contributed by atoms with Gasteiger partial charge in [0.2, 0.25) is 0 Å². The molecule has 0 saturated heterocycles. The Balaban J connectivity index is 2.11. The predicted octanol–water partition coefficient (Wildman–Crippen LogP) is 5.43. The van der Waals surface area contributed by atoms with E-state index in [-0.39, 0.29) is 10.8 Å². The molecule has 1 N–H and O–H groups in total. The van der Waals surface area contributed by atoms with Crippen LogP contribution in [-0.2, 0) is 12.1 Å². The average Bonchev–Trinajstić information content (AvgIpc) is 2.43. The molecular formula is C15H7ClF6O2. The van der Waals surface area contributed by atoms with Crippen molar-refractivity contribution in [1.29, 1.82) is 0 Å². The van der Waals surface area contributed by atoms with E-state index < -0.39 is 46.5 Å². The Hall–Kier alpha value is -1.93. The highest BCUT2D eigenvalue weighted by molar-refractivity contribution is 6.30. The van der Waals surface area contributed by atoms with Gasteiger partial charge in [-0.05, 0) is 24.3 Å². The van der Waals surface area contributed by atoms with E-state index in [1.54, 1.807) is 0 Å². The quantitative estimate of drug-likeness (QED) is 0.716. The molecule has 128 valence electrons. The normalized spacial score (nSPS) is 18.8. The minimum absolute atomic E-state index is 0.0810. The molecule has 1 aliphatic carbocycles. The molecule has 9 heteroatoms. The number of benzene rings is 2. The van der Waals surface area contributed by atoms with Crippen LogP contribution in [0.1, 0.15) is 22.8 Å². The zero-order chi connectivity index (χ0) is 17.9. The fourth-order valence-corrected chi connectivity index (χ4v) is 2.73. The summed E-state index contributed by atoms with van der Waals surface area (Å²) < 4.78 is 84.6. The van der Waals surface area contributed by atoms with Gasteiger partial charge in [0.1, 0.15) is 23.4 Å². The second-order valence-corrected chi connectivity index (χ2v) is 5.57. The molecule has 0 aromatic heterocycles. The molecule has 2 nitrogen and oxygen atoms in total. The van der Waals surface area contributed by atoms with Gasteiger partial charge in [0.25, 0.3) is 0 Å². The first-order valence-corrected chi connectivity index (χ1v) is 6.84. The molecule has 0 aliphatic heterocycles. The molecule has 0 fully saturated rings. The number of hydrogen-bond acceptors (Lipinski definition) is 2. The van der Waals surface area contributed by atoms with Gasteiger partial charge in [-0.1, -0.05) is 11.6 Å². The number of alkyl halides is 5. The maximum absolute atomic E-state index is 13.8. The Kier molecular flexibility index (Phi) is 3.72. The van der Waals surface area contributed by atoms with E-state index in [4.69, 9.17) is 16.3 Å². The summed E-state index contributed by atoms with van der Waals surface area (Å²) in [7, 11) is 0. The van der Waals surface area contributed by atoms with Crippen LogP contribution in [0.4, 0.5) is 26.3 Å². The van der Waals surface area contributed by atoms with Crippen molar-refractivity contribution in [2.45, 2.75) is 18.2 Å². The lowest BCUT2D eigenvalue weighted by Gasteiger charge is -2.38. The van der Waals surface area contributed by atoms with Gasteiger partial charge in [-0.15, -0.1) is 0 Å². The van der Waals surface area contributed by atoms with Gasteiger partial charge >= 0.3 is 12.1 Å². The van der Waals surface area contributed by atoms with Crippen LogP contribution in [0, 0.1) is 5.82 Å². The number of aliphatic hydroxyl groups is 1. The van der Waals surface area contributed by atoms with E-state index in [1.165, 1.54) is 0 Å². The van der Waals surface area contributed by atoms with Gasteiger partial charge in [-0.2, -0.15) is 22.0 Å². The molecule has 3 rings (SSSR count). The molecule has 24 heavy (non-hydrogen) atoms. The summed E-state index contributed by atoms with van der Waals surface area (Å²) in [6.07, 6.45) is -7.51. The lowest BCUT2D eigenvalue weighted by atomic mass is 9.77. The first-order chi connectivity index (χ1) is 11.0. The molecular weight excluding hydrogens is 362 g/mol. The summed E-state index contributed by atoms with van der Waals surface area (Å²) in [4.78, 5) is 0. The predicted molar refractivity (Wildman–Crippen MR) is 71.8 cm³/mol. The highest BCUT2D eigenvalue weighted by Crippen LogP contribution is 2.59. The third-order valence-electron chi connectivity index (χ3n) is 3.53. The topological polar surface area (TPSA) is 29.5 Å². The first-order valence-electron chi connectivity index (χ1n) is 6.46. The smallest absolute Gasteiger partial charge is 0.416 e. The molecule has 0 saturated carbocycles. The molecule has 0 unspecified atom stereocenters. The summed E-state index contributed by atoms with van der Waals surface area (Å²) in [5.41, 5.74) is -3.40. The third kappa shape index (κ3) is 2.59. The minimum atomic E-state index is -4.91. The SMILES string of the molecule is O[C@H]1c2c(C(F)(F)F)ccc(Oc3cc(F)cc(Cl)c3)c2C1(F)F. The highest BCUT2D eigenvalue weighted by Gasteiger charge is 2.59. The van der Waals surface area contributed by atoms with Crippen molar-refractivity contribution < 1.29 is 36.2 Å².